The SMILES string of the molecule is CCOC(=O)c1ccnc(NCCCCCSC)c1N. The molecule has 0 fully saturated rings. The van der Waals surface area contributed by atoms with E-state index in [1.54, 1.807) is 19.2 Å². The molecular formula is C14H23N3O2S. The van der Waals surface area contributed by atoms with Crippen molar-refractivity contribution in [2.75, 3.05) is 36.2 Å². The Bertz CT molecular complexity index is 427. The first-order valence-electron chi connectivity index (χ1n) is 6.85. The second-order valence-corrected chi connectivity index (χ2v) is 5.31. The van der Waals surface area contributed by atoms with Crippen molar-refractivity contribution in [1.29, 1.82) is 0 Å². The summed E-state index contributed by atoms with van der Waals surface area (Å²) in [4.78, 5) is 15.9. The number of rotatable bonds is 9. The summed E-state index contributed by atoms with van der Waals surface area (Å²) in [6.07, 6.45) is 7.13. The molecule has 1 heterocycles. The molecule has 0 aliphatic carbocycles. The average Bonchev–Trinajstić information content (AvgIpc) is 2.44. The Morgan fingerprint density at radius 1 is 1.45 bits per heavy atom. The Hall–Kier alpha value is -1.43. The van der Waals surface area contributed by atoms with Crippen LogP contribution in [0, 0.1) is 0 Å². The Labute approximate surface area is 124 Å². The molecule has 3 N–H and O–H groups in total. The van der Waals surface area contributed by atoms with Crippen LogP contribution in [-0.4, -0.2) is 36.1 Å². The van der Waals surface area contributed by atoms with Crippen LogP contribution in [0.1, 0.15) is 36.5 Å². The van der Waals surface area contributed by atoms with Crippen LogP contribution in [0.15, 0.2) is 12.3 Å². The molecule has 0 saturated heterocycles. The standard InChI is InChI=1S/C14H23N3O2S/c1-3-19-14(18)11-7-9-17-13(12(11)15)16-8-5-4-6-10-20-2/h7,9H,3-6,8,10,15H2,1-2H3,(H,16,17). The minimum atomic E-state index is -0.407. The molecule has 0 aliphatic heterocycles. The van der Waals surface area contributed by atoms with Gasteiger partial charge in [-0.25, -0.2) is 9.78 Å². The highest BCUT2D eigenvalue weighted by molar-refractivity contribution is 7.98. The molecule has 0 spiro atoms. The fraction of sp³-hybridized carbons (Fsp3) is 0.571. The van der Waals surface area contributed by atoms with Crippen molar-refractivity contribution in [1.82, 2.24) is 4.98 Å². The number of carbonyl (C=O) groups excluding carboxylic acids is 1. The molecule has 0 amide bonds. The monoisotopic (exact) mass is 297 g/mol. The van der Waals surface area contributed by atoms with Gasteiger partial charge in [0.05, 0.1) is 17.9 Å². The van der Waals surface area contributed by atoms with Crippen LogP contribution in [0.25, 0.3) is 0 Å². The molecule has 5 nitrogen and oxygen atoms in total. The van der Waals surface area contributed by atoms with Gasteiger partial charge < -0.3 is 15.8 Å². The molecule has 0 radical (unpaired) electrons. The summed E-state index contributed by atoms with van der Waals surface area (Å²) in [5, 5.41) is 3.18. The van der Waals surface area contributed by atoms with Gasteiger partial charge in [-0.15, -0.1) is 0 Å². The number of esters is 1. The predicted octanol–water partition coefficient (Wildman–Crippen LogP) is 2.79. The maximum Gasteiger partial charge on any atom is 0.340 e. The van der Waals surface area contributed by atoms with E-state index in [9.17, 15) is 4.79 Å². The summed E-state index contributed by atoms with van der Waals surface area (Å²) in [6, 6.07) is 1.58. The summed E-state index contributed by atoms with van der Waals surface area (Å²) in [5.41, 5.74) is 6.67. The quantitative estimate of drug-likeness (QED) is 0.539. The van der Waals surface area contributed by atoms with E-state index >= 15 is 0 Å². The number of hydrogen-bond acceptors (Lipinski definition) is 6. The van der Waals surface area contributed by atoms with Crippen molar-refractivity contribution in [3.63, 3.8) is 0 Å². The van der Waals surface area contributed by atoms with E-state index in [0.717, 1.165) is 13.0 Å². The van der Waals surface area contributed by atoms with Crippen LogP contribution in [-0.2, 0) is 4.74 Å². The molecule has 0 bridgehead atoms. The lowest BCUT2D eigenvalue weighted by Gasteiger charge is -2.11. The van der Waals surface area contributed by atoms with Gasteiger partial charge in [-0.1, -0.05) is 6.42 Å². The number of nitrogens with zero attached hydrogens (tertiary/aromatic N) is 1. The number of nitrogens with two attached hydrogens (primary N) is 1. The van der Waals surface area contributed by atoms with E-state index in [0.29, 0.717) is 23.7 Å². The zero-order valence-corrected chi connectivity index (χ0v) is 13.0. The van der Waals surface area contributed by atoms with E-state index in [2.05, 4.69) is 16.6 Å². The number of aromatic nitrogens is 1. The van der Waals surface area contributed by atoms with Crippen molar-refractivity contribution in [2.24, 2.45) is 0 Å². The zero-order valence-electron chi connectivity index (χ0n) is 12.1. The van der Waals surface area contributed by atoms with Crippen LogP contribution in [0.4, 0.5) is 11.5 Å². The van der Waals surface area contributed by atoms with Crippen molar-refractivity contribution in [3.8, 4) is 0 Å². The fourth-order valence-corrected chi connectivity index (χ4v) is 2.25. The van der Waals surface area contributed by atoms with Gasteiger partial charge >= 0.3 is 5.97 Å². The number of nitrogens with one attached hydrogen (secondary N) is 1. The predicted molar refractivity (Wildman–Crippen MR) is 85.3 cm³/mol. The summed E-state index contributed by atoms with van der Waals surface area (Å²) < 4.78 is 4.96. The van der Waals surface area contributed by atoms with Gasteiger partial charge in [-0.2, -0.15) is 11.8 Å². The normalized spacial score (nSPS) is 10.3. The molecule has 112 valence electrons. The lowest BCUT2D eigenvalue weighted by molar-refractivity contribution is 0.0527. The van der Waals surface area contributed by atoms with Crippen LogP contribution in [0.5, 0.6) is 0 Å². The van der Waals surface area contributed by atoms with Crippen molar-refractivity contribution in [2.45, 2.75) is 26.2 Å². The third kappa shape index (κ3) is 5.28. The molecule has 1 aromatic heterocycles. The minimum Gasteiger partial charge on any atom is -0.462 e. The lowest BCUT2D eigenvalue weighted by Crippen LogP contribution is -2.12. The number of anilines is 2. The van der Waals surface area contributed by atoms with Gasteiger partial charge in [0.25, 0.3) is 0 Å². The highest BCUT2D eigenvalue weighted by atomic mass is 32.2. The molecule has 0 aliphatic rings. The Morgan fingerprint density at radius 3 is 2.95 bits per heavy atom. The van der Waals surface area contributed by atoms with Gasteiger partial charge in [0.2, 0.25) is 0 Å². The first kappa shape index (κ1) is 16.6. The Balaban J connectivity index is 2.50. The Kier molecular flexibility index (Phi) is 7.87. The Morgan fingerprint density at radius 2 is 2.25 bits per heavy atom. The van der Waals surface area contributed by atoms with Crippen LogP contribution >= 0.6 is 11.8 Å². The van der Waals surface area contributed by atoms with Gasteiger partial charge in [0.1, 0.15) is 5.82 Å². The number of unbranched alkanes of at least 4 members (excludes halogenated alkanes) is 2. The molecule has 0 aromatic carbocycles. The summed E-state index contributed by atoms with van der Waals surface area (Å²) in [6.45, 7) is 2.90. The topological polar surface area (TPSA) is 77.2 Å². The number of thioether (sulfide) groups is 1. The number of hydrogen-bond donors (Lipinski definition) is 2. The van der Waals surface area contributed by atoms with Crippen LogP contribution in [0.2, 0.25) is 0 Å². The van der Waals surface area contributed by atoms with Crippen molar-refractivity contribution in [3.05, 3.63) is 17.8 Å². The van der Waals surface area contributed by atoms with Gasteiger partial charge in [-0.05, 0) is 37.8 Å². The molecule has 0 saturated carbocycles. The van der Waals surface area contributed by atoms with E-state index in [1.807, 2.05) is 11.8 Å². The maximum absolute atomic E-state index is 11.7. The van der Waals surface area contributed by atoms with Gasteiger partial charge in [-0.3, -0.25) is 0 Å². The fourth-order valence-electron chi connectivity index (χ4n) is 1.76. The van der Waals surface area contributed by atoms with Gasteiger partial charge in [0, 0.05) is 12.7 Å². The average molecular weight is 297 g/mol. The molecule has 1 rings (SSSR count). The van der Waals surface area contributed by atoms with Crippen molar-refractivity contribution >= 4 is 29.2 Å². The van der Waals surface area contributed by atoms with Crippen LogP contribution in [0.3, 0.4) is 0 Å². The van der Waals surface area contributed by atoms with Crippen LogP contribution < -0.4 is 11.1 Å². The first-order valence-corrected chi connectivity index (χ1v) is 8.24. The third-order valence-corrected chi connectivity index (χ3v) is 3.50. The molecule has 6 heteroatoms. The second kappa shape index (κ2) is 9.47. The maximum atomic E-state index is 11.7. The highest BCUT2D eigenvalue weighted by Gasteiger charge is 2.14. The smallest absolute Gasteiger partial charge is 0.340 e. The molecule has 20 heavy (non-hydrogen) atoms. The van der Waals surface area contributed by atoms with E-state index in [1.165, 1.54) is 18.6 Å². The number of ether oxygens (including phenoxy) is 1. The number of carbonyl (C=O) groups is 1. The summed E-state index contributed by atoms with van der Waals surface area (Å²) >= 11 is 1.86. The molecular weight excluding hydrogens is 274 g/mol. The van der Waals surface area contributed by atoms with E-state index in [-0.39, 0.29) is 0 Å². The second-order valence-electron chi connectivity index (χ2n) is 4.32. The van der Waals surface area contributed by atoms with Crippen molar-refractivity contribution < 1.29 is 9.53 Å². The van der Waals surface area contributed by atoms with E-state index < -0.39 is 5.97 Å². The zero-order chi connectivity index (χ0) is 14.8. The third-order valence-electron chi connectivity index (χ3n) is 2.80. The summed E-state index contributed by atoms with van der Waals surface area (Å²) in [5.74, 6) is 1.34. The minimum absolute atomic E-state index is 0.332. The molecule has 0 atom stereocenters. The highest BCUT2D eigenvalue weighted by Crippen LogP contribution is 2.20. The molecule has 1 aromatic rings. The van der Waals surface area contributed by atoms with Gasteiger partial charge in [0.15, 0.2) is 0 Å². The summed E-state index contributed by atoms with van der Waals surface area (Å²) in [7, 11) is 0. The number of nitrogen functional groups attached to an aromatic ring is 1. The number of pyridine rings is 1. The molecule has 0 unspecified atom stereocenters. The first-order chi connectivity index (χ1) is 9.70. The lowest BCUT2D eigenvalue weighted by atomic mass is 10.2. The van der Waals surface area contributed by atoms with E-state index in [4.69, 9.17) is 10.5 Å². The largest absolute Gasteiger partial charge is 0.462 e.